The predicted molar refractivity (Wildman–Crippen MR) is 111 cm³/mol. The maximum absolute atomic E-state index is 14.0. The molecule has 1 aliphatic heterocycles. The molecule has 29 heavy (non-hydrogen) atoms. The van der Waals surface area contributed by atoms with Crippen LogP contribution in [0.1, 0.15) is 35.8 Å². The Labute approximate surface area is 171 Å². The second-order valence-corrected chi connectivity index (χ2v) is 7.13. The third kappa shape index (κ3) is 4.65. The standard InChI is InChI=1S/C23H28FN3O2/c1-3-25(4-2)23(29)21(18-10-6-5-7-11-18)26-14-16-27(17-15-26)22(28)19-12-8-9-13-20(19)24/h5-13,21H,3-4,14-17H2,1-2H3/t21-/m1/s1. The Hall–Kier alpha value is -2.73. The molecule has 0 saturated carbocycles. The van der Waals surface area contributed by atoms with E-state index in [4.69, 9.17) is 0 Å². The summed E-state index contributed by atoms with van der Waals surface area (Å²) in [6, 6.07) is 15.5. The number of carbonyl (C=O) groups is 2. The minimum atomic E-state index is -0.501. The molecule has 0 N–H and O–H groups in total. The van der Waals surface area contributed by atoms with Crippen LogP contribution in [0, 0.1) is 5.82 Å². The van der Waals surface area contributed by atoms with Crippen LogP contribution >= 0.6 is 0 Å². The van der Waals surface area contributed by atoms with Crippen molar-refractivity contribution in [3.8, 4) is 0 Å². The first kappa shape index (κ1) is 21.0. The number of benzene rings is 2. The predicted octanol–water partition coefficient (Wildman–Crippen LogP) is 3.19. The Morgan fingerprint density at radius 3 is 2.10 bits per heavy atom. The molecule has 0 radical (unpaired) electrons. The Balaban J connectivity index is 1.76. The lowest BCUT2D eigenvalue weighted by Gasteiger charge is -2.40. The molecule has 1 saturated heterocycles. The van der Waals surface area contributed by atoms with Crippen LogP contribution in [0.3, 0.4) is 0 Å². The third-order valence-electron chi connectivity index (χ3n) is 5.50. The van der Waals surface area contributed by atoms with E-state index in [0.29, 0.717) is 39.3 Å². The zero-order valence-electron chi connectivity index (χ0n) is 17.1. The molecular formula is C23H28FN3O2. The highest BCUT2D eigenvalue weighted by molar-refractivity contribution is 5.94. The average molecular weight is 397 g/mol. The molecule has 1 aliphatic rings. The van der Waals surface area contributed by atoms with Gasteiger partial charge in [0.25, 0.3) is 5.91 Å². The highest BCUT2D eigenvalue weighted by atomic mass is 19.1. The zero-order valence-corrected chi connectivity index (χ0v) is 17.1. The molecule has 154 valence electrons. The molecule has 1 heterocycles. The lowest BCUT2D eigenvalue weighted by atomic mass is 10.0. The minimum Gasteiger partial charge on any atom is -0.342 e. The molecule has 2 aromatic rings. The van der Waals surface area contributed by atoms with Crippen LogP contribution < -0.4 is 0 Å². The van der Waals surface area contributed by atoms with Crippen molar-refractivity contribution in [3.63, 3.8) is 0 Å². The maximum atomic E-state index is 14.0. The van der Waals surface area contributed by atoms with Gasteiger partial charge in [-0.25, -0.2) is 4.39 Å². The summed E-state index contributed by atoms with van der Waals surface area (Å²) < 4.78 is 14.0. The molecule has 0 aromatic heterocycles. The summed E-state index contributed by atoms with van der Waals surface area (Å²) in [5.74, 6) is -0.719. The van der Waals surface area contributed by atoms with Crippen LogP contribution in [-0.4, -0.2) is 65.8 Å². The van der Waals surface area contributed by atoms with Crippen LogP contribution in [0.25, 0.3) is 0 Å². The Morgan fingerprint density at radius 1 is 0.931 bits per heavy atom. The van der Waals surface area contributed by atoms with E-state index in [1.54, 1.807) is 17.0 Å². The summed E-state index contributed by atoms with van der Waals surface area (Å²) in [5, 5.41) is 0. The zero-order chi connectivity index (χ0) is 20.8. The third-order valence-corrected chi connectivity index (χ3v) is 5.50. The van der Waals surface area contributed by atoms with Crippen molar-refractivity contribution in [2.45, 2.75) is 19.9 Å². The molecule has 2 amide bonds. The molecule has 0 spiro atoms. The van der Waals surface area contributed by atoms with Crippen molar-refractivity contribution in [1.82, 2.24) is 14.7 Å². The average Bonchev–Trinajstić information content (AvgIpc) is 2.76. The normalized spacial score (nSPS) is 15.8. The molecule has 0 unspecified atom stereocenters. The van der Waals surface area contributed by atoms with E-state index < -0.39 is 5.82 Å². The largest absolute Gasteiger partial charge is 0.342 e. The van der Waals surface area contributed by atoms with E-state index in [1.807, 2.05) is 49.1 Å². The molecule has 0 aliphatic carbocycles. The second kappa shape index (κ2) is 9.65. The van der Waals surface area contributed by atoms with Gasteiger partial charge in [-0.3, -0.25) is 14.5 Å². The van der Waals surface area contributed by atoms with E-state index in [9.17, 15) is 14.0 Å². The van der Waals surface area contributed by atoms with E-state index in [1.165, 1.54) is 12.1 Å². The van der Waals surface area contributed by atoms with Gasteiger partial charge in [0.15, 0.2) is 0 Å². The minimum absolute atomic E-state index is 0.0788. The number of hydrogen-bond acceptors (Lipinski definition) is 3. The van der Waals surface area contributed by atoms with Crippen molar-refractivity contribution in [2.75, 3.05) is 39.3 Å². The fourth-order valence-corrected chi connectivity index (χ4v) is 3.84. The molecule has 1 atom stereocenters. The van der Waals surface area contributed by atoms with Crippen molar-refractivity contribution in [2.24, 2.45) is 0 Å². The number of likely N-dealkylation sites (N-methyl/N-ethyl adjacent to an activating group) is 1. The van der Waals surface area contributed by atoms with Crippen molar-refractivity contribution < 1.29 is 14.0 Å². The molecule has 6 heteroatoms. The first-order valence-corrected chi connectivity index (χ1v) is 10.2. The highest BCUT2D eigenvalue weighted by Gasteiger charge is 2.33. The van der Waals surface area contributed by atoms with E-state index in [-0.39, 0.29) is 23.4 Å². The lowest BCUT2D eigenvalue weighted by Crippen LogP contribution is -2.53. The van der Waals surface area contributed by atoms with Gasteiger partial charge in [-0.1, -0.05) is 42.5 Å². The molecule has 2 aromatic carbocycles. The van der Waals surface area contributed by atoms with Gasteiger partial charge >= 0.3 is 0 Å². The van der Waals surface area contributed by atoms with Gasteiger partial charge in [0.05, 0.1) is 5.56 Å². The van der Waals surface area contributed by atoms with Crippen LogP contribution in [0.15, 0.2) is 54.6 Å². The van der Waals surface area contributed by atoms with Crippen molar-refractivity contribution in [1.29, 1.82) is 0 Å². The number of amides is 2. The summed E-state index contributed by atoms with van der Waals surface area (Å²) in [7, 11) is 0. The summed E-state index contributed by atoms with van der Waals surface area (Å²) in [6.45, 7) is 7.32. The van der Waals surface area contributed by atoms with Gasteiger partial charge in [-0.2, -0.15) is 0 Å². The molecule has 0 bridgehead atoms. The number of piperazine rings is 1. The van der Waals surface area contributed by atoms with E-state index >= 15 is 0 Å². The summed E-state index contributed by atoms with van der Waals surface area (Å²) >= 11 is 0. The van der Waals surface area contributed by atoms with Crippen LogP contribution in [0.2, 0.25) is 0 Å². The second-order valence-electron chi connectivity index (χ2n) is 7.13. The number of rotatable bonds is 6. The van der Waals surface area contributed by atoms with Crippen LogP contribution in [0.5, 0.6) is 0 Å². The number of carbonyl (C=O) groups excluding carboxylic acids is 2. The molecule has 1 fully saturated rings. The summed E-state index contributed by atoms with van der Waals surface area (Å²) in [6.07, 6.45) is 0. The highest BCUT2D eigenvalue weighted by Crippen LogP contribution is 2.25. The summed E-state index contributed by atoms with van der Waals surface area (Å²) in [4.78, 5) is 31.6. The number of hydrogen-bond donors (Lipinski definition) is 0. The van der Waals surface area contributed by atoms with Gasteiger partial charge in [0.1, 0.15) is 11.9 Å². The van der Waals surface area contributed by atoms with Crippen molar-refractivity contribution in [3.05, 3.63) is 71.5 Å². The smallest absolute Gasteiger partial charge is 0.256 e. The number of halogens is 1. The van der Waals surface area contributed by atoms with Crippen LogP contribution in [-0.2, 0) is 4.79 Å². The monoisotopic (exact) mass is 397 g/mol. The molecular weight excluding hydrogens is 369 g/mol. The van der Waals surface area contributed by atoms with Crippen molar-refractivity contribution >= 4 is 11.8 Å². The first-order valence-electron chi connectivity index (χ1n) is 10.2. The van der Waals surface area contributed by atoms with E-state index in [0.717, 1.165) is 5.56 Å². The van der Waals surface area contributed by atoms with Crippen LogP contribution in [0.4, 0.5) is 4.39 Å². The van der Waals surface area contributed by atoms with Gasteiger partial charge in [0.2, 0.25) is 5.91 Å². The molecule has 3 rings (SSSR count). The fraction of sp³-hybridized carbons (Fsp3) is 0.391. The van der Waals surface area contributed by atoms with Gasteiger partial charge in [0, 0.05) is 39.3 Å². The first-order chi connectivity index (χ1) is 14.1. The SMILES string of the molecule is CCN(CC)C(=O)[C@@H](c1ccccc1)N1CCN(C(=O)c2ccccc2F)CC1. The van der Waals surface area contributed by atoms with Gasteiger partial charge < -0.3 is 9.80 Å². The quantitative estimate of drug-likeness (QED) is 0.752. The molecule has 5 nitrogen and oxygen atoms in total. The lowest BCUT2D eigenvalue weighted by molar-refractivity contribution is -0.137. The van der Waals surface area contributed by atoms with E-state index in [2.05, 4.69) is 4.90 Å². The topological polar surface area (TPSA) is 43.9 Å². The maximum Gasteiger partial charge on any atom is 0.256 e. The Kier molecular flexibility index (Phi) is 6.99. The fourth-order valence-electron chi connectivity index (χ4n) is 3.84. The Bertz CT molecular complexity index is 831. The Morgan fingerprint density at radius 2 is 1.52 bits per heavy atom. The van der Waals surface area contributed by atoms with Gasteiger partial charge in [-0.05, 0) is 31.5 Å². The summed E-state index contributed by atoms with van der Waals surface area (Å²) in [5.41, 5.74) is 1.05. The number of nitrogens with zero attached hydrogens (tertiary/aromatic N) is 3. The van der Waals surface area contributed by atoms with Gasteiger partial charge in [-0.15, -0.1) is 0 Å².